The lowest BCUT2D eigenvalue weighted by molar-refractivity contribution is -0.0607. The van der Waals surface area contributed by atoms with Gasteiger partial charge < -0.3 is 19.7 Å². The van der Waals surface area contributed by atoms with E-state index in [1.165, 1.54) is 20.4 Å². The molecule has 0 radical (unpaired) electrons. The van der Waals surface area contributed by atoms with Crippen molar-refractivity contribution in [2.75, 3.05) is 37.9 Å². The third-order valence-electron chi connectivity index (χ3n) is 6.83. The molecule has 0 aliphatic heterocycles. The van der Waals surface area contributed by atoms with Crippen LogP contribution < -0.4 is 19.1 Å². The average molecular weight is 619 g/mol. The molecule has 14 heteroatoms. The number of likely N-dealkylation sites (N-methyl/N-ethyl adjacent to an activating group) is 1. The molecule has 1 aromatic heterocycles. The Hall–Kier alpha value is -2.74. The standard InChI is InChI=1S/C26H30ClF3N4O4S2/c1-33(2)22-14-26(29,30)8-7-20(22)32-21-13-19(28)24(12-18(21)27)40(35,36)34(25-31-9-10-39-25)15-16-5-6-17(37-3)11-23(16)38-4/h5-6,9-13,20,22,32H,7-8,14-15H2,1-4H3/t20-,22-/m0/s1. The molecule has 1 N–H and O–H groups in total. The summed E-state index contributed by atoms with van der Waals surface area (Å²) in [6, 6.07) is 5.96. The highest BCUT2D eigenvalue weighted by Crippen LogP contribution is 2.39. The minimum Gasteiger partial charge on any atom is -0.497 e. The van der Waals surface area contributed by atoms with E-state index < -0.39 is 38.7 Å². The molecule has 1 aliphatic carbocycles. The van der Waals surface area contributed by atoms with Crippen LogP contribution >= 0.6 is 22.9 Å². The second kappa shape index (κ2) is 12.0. The number of rotatable bonds is 10. The normalized spacial score (nSPS) is 18.9. The maximum absolute atomic E-state index is 15.6. The number of halogens is 4. The van der Waals surface area contributed by atoms with Crippen LogP contribution in [0.4, 0.5) is 24.0 Å². The van der Waals surface area contributed by atoms with Crippen molar-refractivity contribution in [2.24, 2.45) is 0 Å². The van der Waals surface area contributed by atoms with E-state index in [1.54, 1.807) is 42.6 Å². The minimum atomic E-state index is -4.51. The number of ether oxygens (including phenoxy) is 2. The quantitative estimate of drug-likeness (QED) is 0.304. The first-order valence-electron chi connectivity index (χ1n) is 12.3. The Balaban J connectivity index is 1.68. The molecular weight excluding hydrogens is 589 g/mol. The highest BCUT2D eigenvalue weighted by molar-refractivity contribution is 7.93. The van der Waals surface area contributed by atoms with Gasteiger partial charge in [0, 0.05) is 48.1 Å². The predicted molar refractivity (Wildman–Crippen MR) is 150 cm³/mol. The first-order chi connectivity index (χ1) is 18.9. The molecule has 0 saturated heterocycles. The van der Waals surface area contributed by atoms with Gasteiger partial charge >= 0.3 is 0 Å². The third-order valence-corrected chi connectivity index (χ3v) is 9.80. The fourth-order valence-electron chi connectivity index (χ4n) is 4.71. The molecule has 40 heavy (non-hydrogen) atoms. The molecule has 0 bridgehead atoms. The summed E-state index contributed by atoms with van der Waals surface area (Å²) in [5, 5.41) is 4.73. The average Bonchev–Trinajstić information content (AvgIpc) is 3.44. The van der Waals surface area contributed by atoms with Crippen molar-refractivity contribution in [1.82, 2.24) is 9.88 Å². The molecule has 1 fully saturated rings. The summed E-state index contributed by atoms with van der Waals surface area (Å²) in [6.45, 7) is -0.207. The summed E-state index contributed by atoms with van der Waals surface area (Å²) in [7, 11) is 1.83. The van der Waals surface area contributed by atoms with Gasteiger partial charge in [-0.05, 0) is 44.8 Å². The van der Waals surface area contributed by atoms with Crippen molar-refractivity contribution >= 4 is 43.8 Å². The molecular formula is C26H30ClF3N4O4S2. The van der Waals surface area contributed by atoms with Crippen molar-refractivity contribution in [3.63, 3.8) is 0 Å². The zero-order valence-electron chi connectivity index (χ0n) is 22.3. The molecule has 0 unspecified atom stereocenters. The molecule has 1 aliphatic rings. The van der Waals surface area contributed by atoms with E-state index in [-0.39, 0.29) is 41.6 Å². The lowest BCUT2D eigenvalue weighted by Crippen LogP contribution is -2.50. The number of thiazole rings is 1. The Bertz CT molecular complexity index is 1440. The van der Waals surface area contributed by atoms with Crippen LogP contribution in [0.1, 0.15) is 24.8 Å². The molecule has 2 atom stereocenters. The van der Waals surface area contributed by atoms with Gasteiger partial charge in [0.1, 0.15) is 22.2 Å². The van der Waals surface area contributed by atoms with Crippen LogP contribution in [0.5, 0.6) is 11.5 Å². The Morgan fingerprint density at radius 1 is 1.20 bits per heavy atom. The van der Waals surface area contributed by atoms with Crippen LogP contribution in [0.2, 0.25) is 5.02 Å². The number of methoxy groups -OCH3 is 2. The second-order valence-corrected chi connectivity index (χ2v) is 12.8. The first kappa shape index (κ1) is 30.2. The van der Waals surface area contributed by atoms with Gasteiger partial charge in [-0.1, -0.05) is 11.6 Å². The molecule has 218 valence electrons. The number of hydrogen-bond acceptors (Lipinski definition) is 8. The van der Waals surface area contributed by atoms with Crippen LogP contribution in [0, 0.1) is 5.82 Å². The van der Waals surface area contributed by atoms with Gasteiger partial charge in [0.05, 0.1) is 31.5 Å². The molecule has 3 aromatic rings. The van der Waals surface area contributed by atoms with Crippen LogP contribution in [0.25, 0.3) is 0 Å². The Kier molecular flexibility index (Phi) is 9.08. The number of nitrogens with zero attached hydrogens (tertiary/aromatic N) is 3. The van der Waals surface area contributed by atoms with Gasteiger partial charge in [-0.15, -0.1) is 11.3 Å². The fourth-order valence-corrected chi connectivity index (χ4v) is 7.33. The second-order valence-electron chi connectivity index (χ2n) is 9.65. The van der Waals surface area contributed by atoms with Crippen molar-refractivity contribution in [3.05, 3.63) is 58.3 Å². The molecule has 0 amide bonds. The van der Waals surface area contributed by atoms with Crippen LogP contribution in [-0.2, 0) is 16.6 Å². The number of nitrogens with one attached hydrogen (secondary N) is 1. The third kappa shape index (κ3) is 6.42. The smallest absolute Gasteiger partial charge is 0.269 e. The number of aromatic nitrogens is 1. The van der Waals surface area contributed by atoms with E-state index in [9.17, 15) is 17.2 Å². The summed E-state index contributed by atoms with van der Waals surface area (Å²) in [5.74, 6) is -2.95. The molecule has 0 spiro atoms. The molecule has 4 rings (SSSR count). The SMILES string of the molecule is COc1ccc(CN(c2nccs2)S(=O)(=O)c2cc(Cl)c(N[C@H]3CCC(F)(F)C[C@@H]3N(C)C)cc2F)c(OC)c1. The molecule has 1 heterocycles. The topological polar surface area (TPSA) is 84.0 Å². The number of anilines is 2. The van der Waals surface area contributed by atoms with Gasteiger partial charge in [-0.25, -0.2) is 30.9 Å². The van der Waals surface area contributed by atoms with Crippen LogP contribution in [0.15, 0.2) is 46.8 Å². The maximum atomic E-state index is 15.6. The fraction of sp³-hybridized carbons (Fsp3) is 0.423. The van der Waals surface area contributed by atoms with Gasteiger partial charge in [0.15, 0.2) is 5.13 Å². The lowest BCUT2D eigenvalue weighted by atomic mass is 9.86. The van der Waals surface area contributed by atoms with Gasteiger partial charge in [0.2, 0.25) is 5.92 Å². The van der Waals surface area contributed by atoms with E-state index in [4.69, 9.17) is 21.1 Å². The predicted octanol–water partition coefficient (Wildman–Crippen LogP) is 5.88. The summed E-state index contributed by atoms with van der Waals surface area (Å²) in [5.41, 5.74) is 0.619. The van der Waals surface area contributed by atoms with E-state index in [1.807, 2.05) is 0 Å². The Morgan fingerprint density at radius 2 is 1.95 bits per heavy atom. The highest BCUT2D eigenvalue weighted by Gasteiger charge is 2.42. The Morgan fingerprint density at radius 3 is 2.58 bits per heavy atom. The van der Waals surface area contributed by atoms with Crippen molar-refractivity contribution < 1.29 is 31.1 Å². The van der Waals surface area contributed by atoms with Gasteiger partial charge in [0.25, 0.3) is 10.0 Å². The van der Waals surface area contributed by atoms with E-state index >= 15 is 4.39 Å². The van der Waals surface area contributed by atoms with E-state index in [0.29, 0.717) is 17.1 Å². The zero-order valence-corrected chi connectivity index (χ0v) is 24.7. The van der Waals surface area contributed by atoms with Crippen LogP contribution in [-0.4, -0.2) is 64.6 Å². The van der Waals surface area contributed by atoms with Crippen molar-refractivity contribution in [1.29, 1.82) is 0 Å². The number of sulfonamides is 1. The first-order valence-corrected chi connectivity index (χ1v) is 15.0. The van der Waals surface area contributed by atoms with Crippen molar-refractivity contribution in [3.8, 4) is 11.5 Å². The monoisotopic (exact) mass is 618 g/mol. The minimum absolute atomic E-state index is 0.0593. The maximum Gasteiger partial charge on any atom is 0.269 e. The molecule has 1 saturated carbocycles. The number of benzene rings is 2. The Labute approximate surface area is 240 Å². The molecule has 8 nitrogen and oxygen atoms in total. The van der Waals surface area contributed by atoms with E-state index in [0.717, 1.165) is 27.8 Å². The van der Waals surface area contributed by atoms with Gasteiger partial charge in [-0.3, -0.25) is 0 Å². The molecule has 2 aromatic carbocycles. The summed E-state index contributed by atoms with van der Waals surface area (Å²) in [4.78, 5) is 5.18. The lowest BCUT2D eigenvalue weighted by Gasteiger charge is -2.40. The van der Waals surface area contributed by atoms with Gasteiger partial charge in [-0.2, -0.15) is 0 Å². The van der Waals surface area contributed by atoms with Crippen molar-refractivity contribution in [2.45, 2.75) is 48.7 Å². The summed E-state index contributed by atoms with van der Waals surface area (Å²) < 4.78 is 83.0. The van der Waals surface area contributed by atoms with E-state index in [2.05, 4.69) is 10.3 Å². The summed E-state index contributed by atoms with van der Waals surface area (Å²) >= 11 is 7.53. The van der Waals surface area contributed by atoms with Crippen LogP contribution in [0.3, 0.4) is 0 Å². The zero-order chi connectivity index (χ0) is 29.2. The number of alkyl halides is 2. The summed E-state index contributed by atoms with van der Waals surface area (Å²) in [6.07, 6.45) is 0.898. The number of hydrogen-bond donors (Lipinski definition) is 1. The highest BCUT2D eigenvalue weighted by atomic mass is 35.5. The largest absolute Gasteiger partial charge is 0.497 e.